The highest BCUT2D eigenvalue weighted by atomic mass is 35.5. The molecule has 2 nitrogen and oxygen atoms in total. The lowest BCUT2D eigenvalue weighted by atomic mass is 9.82. The normalized spacial score (nSPS) is 36.6. The second kappa shape index (κ2) is 5.07. The smallest absolute Gasteiger partial charge is 0.375 e. The van der Waals surface area contributed by atoms with Crippen molar-refractivity contribution in [2.24, 2.45) is 5.92 Å². The molecule has 1 saturated carbocycles. The van der Waals surface area contributed by atoms with Crippen molar-refractivity contribution >= 4 is 23.2 Å². The Morgan fingerprint density at radius 3 is 2.05 bits per heavy atom. The number of ether oxygens (including phenoxy) is 1. The molecule has 118 valence electrons. The van der Waals surface area contributed by atoms with E-state index in [1.54, 1.807) is 5.32 Å². The monoisotopic (exact) mass is 345 g/mol. The number of halogens is 8. The van der Waals surface area contributed by atoms with Crippen LogP contribution in [0.2, 0.25) is 0 Å². The van der Waals surface area contributed by atoms with Gasteiger partial charge in [0.05, 0.1) is 24.1 Å². The molecule has 0 amide bonds. The molecule has 2 aliphatic rings. The highest BCUT2D eigenvalue weighted by Crippen LogP contribution is 2.58. The summed E-state index contributed by atoms with van der Waals surface area (Å²) in [4.78, 5) is 0. The van der Waals surface area contributed by atoms with Crippen LogP contribution in [0.1, 0.15) is 6.42 Å². The Kier molecular flexibility index (Phi) is 4.17. The van der Waals surface area contributed by atoms with E-state index in [1.165, 1.54) is 0 Å². The fourth-order valence-electron chi connectivity index (χ4n) is 3.05. The standard InChI is InChI=1S/C10H11Cl2F6NO/c11-1-2-20-5-3-4-6(12)7(5)19-8(4,9(13,14)15)10(16,17)18/h4-7,19H,1-3H2/t4-,5+,6-,7+/m0/s1. The minimum Gasteiger partial charge on any atom is -0.375 e. The van der Waals surface area contributed by atoms with Crippen LogP contribution >= 0.6 is 23.2 Å². The molecule has 4 atom stereocenters. The van der Waals surface area contributed by atoms with Crippen molar-refractivity contribution in [2.45, 2.75) is 41.8 Å². The zero-order valence-electron chi connectivity index (χ0n) is 9.86. The van der Waals surface area contributed by atoms with Gasteiger partial charge in [0.15, 0.2) is 0 Å². The summed E-state index contributed by atoms with van der Waals surface area (Å²) in [5.74, 6) is -1.71. The first-order valence-electron chi connectivity index (χ1n) is 5.79. The maximum Gasteiger partial charge on any atom is 0.415 e. The molecule has 0 aromatic rings. The molecule has 0 spiro atoms. The Morgan fingerprint density at radius 2 is 1.70 bits per heavy atom. The molecule has 1 saturated heterocycles. The van der Waals surface area contributed by atoms with Crippen LogP contribution in [0.3, 0.4) is 0 Å². The van der Waals surface area contributed by atoms with Gasteiger partial charge >= 0.3 is 12.4 Å². The average Bonchev–Trinajstić information content (AvgIpc) is 2.75. The molecule has 2 bridgehead atoms. The van der Waals surface area contributed by atoms with E-state index in [9.17, 15) is 26.3 Å². The van der Waals surface area contributed by atoms with E-state index in [4.69, 9.17) is 27.9 Å². The van der Waals surface area contributed by atoms with Crippen molar-refractivity contribution in [3.8, 4) is 0 Å². The summed E-state index contributed by atoms with van der Waals surface area (Å²) in [5.41, 5.74) is -3.96. The van der Waals surface area contributed by atoms with Gasteiger partial charge in [0.25, 0.3) is 0 Å². The van der Waals surface area contributed by atoms with Gasteiger partial charge in [-0.1, -0.05) is 0 Å². The third-order valence-corrected chi connectivity index (χ3v) is 4.60. The summed E-state index contributed by atoms with van der Waals surface area (Å²) in [5, 5.41) is 0.350. The zero-order chi connectivity index (χ0) is 15.3. The summed E-state index contributed by atoms with van der Waals surface area (Å²) in [6.45, 7) is 0.0474. The number of alkyl halides is 8. The van der Waals surface area contributed by atoms with Crippen LogP contribution in [-0.2, 0) is 4.74 Å². The van der Waals surface area contributed by atoms with Crippen LogP contribution < -0.4 is 5.32 Å². The maximum atomic E-state index is 13.0. The summed E-state index contributed by atoms with van der Waals surface area (Å²) >= 11 is 11.2. The molecule has 1 N–H and O–H groups in total. The third kappa shape index (κ3) is 2.19. The molecule has 2 rings (SSSR count). The highest BCUT2D eigenvalue weighted by molar-refractivity contribution is 6.22. The second-order valence-electron chi connectivity index (χ2n) is 4.86. The van der Waals surface area contributed by atoms with Crippen LogP contribution in [0.15, 0.2) is 0 Å². The van der Waals surface area contributed by atoms with E-state index in [2.05, 4.69) is 0 Å². The zero-order valence-corrected chi connectivity index (χ0v) is 11.4. The fourth-order valence-corrected chi connectivity index (χ4v) is 3.66. The van der Waals surface area contributed by atoms with Crippen molar-refractivity contribution in [3.63, 3.8) is 0 Å². The minimum atomic E-state index is -5.48. The van der Waals surface area contributed by atoms with Gasteiger partial charge in [-0.25, -0.2) is 0 Å². The number of fused-ring (bicyclic) bond motifs is 2. The van der Waals surface area contributed by atoms with E-state index in [0.717, 1.165) is 0 Å². The van der Waals surface area contributed by atoms with E-state index < -0.39 is 47.8 Å². The van der Waals surface area contributed by atoms with Gasteiger partial charge in [-0.2, -0.15) is 26.3 Å². The van der Waals surface area contributed by atoms with E-state index >= 15 is 0 Å². The Bertz CT molecular complexity index is 360. The molecule has 1 aliphatic carbocycles. The third-order valence-electron chi connectivity index (χ3n) is 3.87. The van der Waals surface area contributed by atoms with Gasteiger partial charge in [-0.05, 0) is 6.42 Å². The first-order chi connectivity index (χ1) is 9.06. The highest BCUT2D eigenvalue weighted by Gasteiger charge is 2.81. The molecule has 20 heavy (non-hydrogen) atoms. The molecular weight excluding hydrogens is 335 g/mol. The molecule has 10 heteroatoms. The summed E-state index contributed by atoms with van der Waals surface area (Å²) < 4.78 is 83.3. The van der Waals surface area contributed by atoms with Gasteiger partial charge in [0, 0.05) is 11.8 Å². The van der Waals surface area contributed by atoms with Gasteiger partial charge in [-0.15, -0.1) is 23.2 Å². The Balaban J connectivity index is 2.29. The quantitative estimate of drug-likeness (QED) is 0.627. The lowest BCUT2D eigenvalue weighted by molar-refractivity contribution is -0.321. The molecule has 2 fully saturated rings. The molecule has 0 aromatic heterocycles. The van der Waals surface area contributed by atoms with E-state index in [-0.39, 0.29) is 12.5 Å². The summed E-state index contributed by atoms with van der Waals surface area (Å²) in [7, 11) is 0. The molecule has 1 heterocycles. The molecule has 0 radical (unpaired) electrons. The van der Waals surface area contributed by atoms with Crippen LogP contribution in [0.5, 0.6) is 0 Å². The van der Waals surface area contributed by atoms with Crippen molar-refractivity contribution in [3.05, 3.63) is 0 Å². The predicted octanol–water partition coefficient (Wildman–Crippen LogP) is 3.07. The Hall–Kier alpha value is 0.0800. The van der Waals surface area contributed by atoms with Crippen molar-refractivity contribution in [1.82, 2.24) is 5.32 Å². The van der Waals surface area contributed by atoms with Crippen molar-refractivity contribution < 1.29 is 31.1 Å². The molecule has 0 unspecified atom stereocenters. The van der Waals surface area contributed by atoms with Gasteiger partial charge < -0.3 is 4.74 Å². The first kappa shape index (κ1) is 16.5. The number of hydrogen-bond acceptors (Lipinski definition) is 2. The minimum absolute atomic E-state index is 0.0474. The van der Waals surface area contributed by atoms with Gasteiger partial charge in [0.1, 0.15) is 0 Å². The summed E-state index contributed by atoms with van der Waals surface area (Å²) in [6.07, 6.45) is -12.1. The van der Waals surface area contributed by atoms with E-state index in [0.29, 0.717) is 0 Å². The molecule has 0 aromatic carbocycles. The van der Waals surface area contributed by atoms with Gasteiger partial charge in [0.2, 0.25) is 5.54 Å². The van der Waals surface area contributed by atoms with Crippen LogP contribution in [-0.4, -0.2) is 47.9 Å². The van der Waals surface area contributed by atoms with Crippen LogP contribution in [0, 0.1) is 5.92 Å². The average molecular weight is 346 g/mol. The van der Waals surface area contributed by atoms with Crippen LogP contribution in [0.25, 0.3) is 0 Å². The molecule has 1 aliphatic heterocycles. The fraction of sp³-hybridized carbons (Fsp3) is 1.00. The summed E-state index contributed by atoms with van der Waals surface area (Å²) in [6, 6.07) is -1.20. The topological polar surface area (TPSA) is 21.3 Å². The Labute approximate surface area is 120 Å². The van der Waals surface area contributed by atoms with Gasteiger partial charge in [-0.3, -0.25) is 5.32 Å². The first-order valence-corrected chi connectivity index (χ1v) is 6.76. The number of piperidine rings is 1. The second-order valence-corrected chi connectivity index (χ2v) is 5.74. The number of nitrogens with one attached hydrogen (secondary N) is 1. The molecular formula is C10H11Cl2F6NO. The van der Waals surface area contributed by atoms with Crippen LogP contribution in [0.4, 0.5) is 26.3 Å². The van der Waals surface area contributed by atoms with E-state index in [1.807, 2.05) is 0 Å². The number of hydrogen-bond donors (Lipinski definition) is 1. The van der Waals surface area contributed by atoms with Crippen molar-refractivity contribution in [1.29, 1.82) is 0 Å². The lowest BCUT2D eigenvalue weighted by Gasteiger charge is -2.42. The lowest BCUT2D eigenvalue weighted by Crippen LogP contribution is -2.70. The maximum absolute atomic E-state index is 13.0. The Morgan fingerprint density at radius 1 is 1.15 bits per heavy atom. The largest absolute Gasteiger partial charge is 0.415 e. The number of rotatable bonds is 3. The predicted molar refractivity (Wildman–Crippen MR) is 60.0 cm³/mol. The van der Waals surface area contributed by atoms with Crippen molar-refractivity contribution in [2.75, 3.05) is 12.5 Å². The SMILES string of the molecule is FC(F)(F)C1(C(F)(F)F)N[C@H]2[C@@H](Cl)[C@@H]1C[C@H]2OCCCl.